The number of aryl methyl sites for hydroxylation is 1. The van der Waals surface area contributed by atoms with Gasteiger partial charge in [0.05, 0.1) is 12.0 Å². The summed E-state index contributed by atoms with van der Waals surface area (Å²) in [7, 11) is 0. The average Bonchev–Trinajstić information content (AvgIpc) is 3.03. The van der Waals surface area contributed by atoms with Crippen LogP contribution in [0, 0.1) is 6.92 Å². The molecule has 1 atom stereocenters. The molecule has 9 heteroatoms. The van der Waals surface area contributed by atoms with Crippen LogP contribution < -0.4 is 11.2 Å². The Morgan fingerprint density at radius 2 is 1.86 bits per heavy atom. The van der Waals surface area contributed by atoms with Gasteiger partial charge in [-0.3, -0.25) is 9.78 Å². The van der Waals surface area contributed by atoms with E-state index in [0.29, 0.717) is 5.56 Å². The molecule has 0 spiro atoms. The molecule has 0 aliphatic rings. The minimum Gasteiger partial charge on any atom is -0.462 e. The molecule has 8 nitrogen and oxygen atoms in total. The Balaban J connectivity index is 1.95. The Morgan fingerprint density at radius 1 is 1.17 bits per heavy atom. The molecule has 0 amide bonds. The normalized spacial score (nSPS) is 12.0. The van der Waals surface area contributed by atoms with E-state index in [1.54, 1.807) is 26.0 Å². The molecule has 0 fully saturated rings. The molecule has 1 aromatic carbocycles. The third kappa shape index (κ3) is 4.00. The van der Waals surface area contributed by atoms with E-state index in [2.05, 4.69) is 4.98 Å². The molecule has 2 aromatic heterocycles. The Labute approximate surface area is 169 Å². The summed E-state index contributed by atoms with van der Waals surface area (Å²) in [6, 6.07) is 7.94. The number of fused-ring (bicyclic) bond motifs is 1. The molecule has 152 valence electrons. The predicted octanol–water partition coefficient (Wildman–Crippen LogP) is 2.54. The van der Waals surface area contributed by atoms with Crippen molar-refractivity contribution < 1.29 is 19.1 Å². The Kier molecular flexibility index (Phi) is 5.97. The second kappa shape index (κ2) is 8.44. The van der Waals surface area contributed by atoms with Crippen LogP contribution in [0.2, 0.25) is 0 Å². The fourth-order valence-corrected chi connectivity index (χ4v) is 4.01. The second-order valence-electron chi connectivity index (χ2n) is 6.36. The third-order valence-corrected chi connectivity index (χ3v) is 5.62. The maximum absolute atomic E-state index is 13.0. The van der Waals surface area contributed by atoms with Gasteiger partial charge in [-0.05, 0) is 31.9 Å². The van der Waals surface area contributed by atoms with Gasteiger partial charge in [-0.25, -0.2) is 19.0 Å². The lowest BCUT2D eigenvalue weighted by Gasteiger charge is -2.13. The Bertz CT molecular complexity index is 1180. The van der Waals surface area contributed by atoms with Crippen LogP contribution >= 0.6 is 11.3 Å². The topological polar surface area (TPSA) is 107 Å². The molecule has 2 heterocycles. The summed E-state index contributed by atoms with van der Waals surface area (Å²) in [4.78, 5) is 53.1. The molecular formula is C20H20N2O6S. The van der Waals surface area contributed by atoms with Gasteiger partial charge < -0.3 is 9.47 Å². The van der Waals surface area contributed by atoms with Gasteiger partial charge in [0.25, 0.3) is 5.56 Å². The summed E-state index contributed by atoms with van der Waals surface area (Å²) in [5, 5.41) is 0.181. The zero-order chi connectivity index (χ0) is 21.1. The summed E-state index contributed by atoms with van der Waals surface area (Å²) >= 11 is 0.977. The highest BCUT2D eigenvalue weighted by molar-refractivity contribution is 7.20. The monoisotopic (exact) mass is 416 g/mol. The van der Waals surface area contributed by atoms with E-state index >= 15 is 0 Å². The highest BCUT2D eigenvalue weighted by Gasteiger charge is 2.25. The van der Waals surface area contributed by atoms with Crippen LogP contribution in [0.1, 0.15) is 40.7 Å². The van der Waals surface area contributed by atoms with Crippen LogP contribution in [0.5, 0.6) is 0 Å². The summed E-state index contributed by atoms with van der Waals surface area (Å²) < 4.78 is 11.1. The van der Waals surface area contributed by atoms with E-state index in [9.17, 15) is 19.2 Å². The van der Waals surface area contributed by atoms with E-state index in [4.69, 9.17) is 9.47 Å². The van der Waals surface area contributed by atoms with Crippen LogP contribution in [-0.4, -0.2) is 28.1 Å². The highest BCUT2D eigenvalue weighted by atomic mass is 32.1. The van der Waals surface area contributed by atoms with Crippen molar-refractivity contribution in [1.29, 1.82) is 0 Å². The minimum absolute atomic E-state index is 0.0311. The van der Waals surface area contributed by atoms with E-state index in [1.165, 1.54) is 6.92 Å². The molecule has 0 radical (unpaired) electrons. The highest BCUT2D eigenvalue weighted by Crippen LogP contribution is 2.27. The van der Waals surface area contributed by atoms with Crippen molar-refractivity contribution in [3.63, 3.8) is 0 Å². The van der Waals surface area contributed by atoms with Gasteiger partial charge in [-0.1, -0.05) is 30.3 Å². The fraction of sp³-hybridized carbons (Fsp3) is 0.300. The van der Waals surface area contributed by atoms with Gasteiger partial charge in [-0.2, -0.15) is 0 Å². The number of hydrogen-bond acceptors (Lipinski definition) is 7. The van der Waals surface area contributed by atoms with Gasteiger partial charge in [0.1, 0.15) is 22.4 Å². The predicted molar refractivity (Wildman–Crippen MR) is 108 cm³/mol. The standard InChI is InChI=1S/C20H20N2O6S/c1-4-27-19(25)15-11(2)14-16(29-15)21-20(26)22(17(14)23)12(3)18(24)28-10-13-8-6-5-7-9-13/h5-9,12H,4,10H2,1-3H3,(H,21,26). The maximum Gasteiger partial charge on any atom is 0.348 e. The lowest BCUT2D eigenvalue weighted by molar-refractivity contribution is -0.148. The number of nitrogens with zero attached hydrogens (tertiary/aromatic N) is 1. The molecule has 1 unspecified atom stereocenters. The number of esters is 2. The molecular weight excluding hydrogens is 396 g/mol. The number of aromatic nitrogens is 2. The summed E-state index contributed by atoms with van der Waals surface area (Å²) in [5.41, 5.74) is -0.207. The first-order valence-corrected chi connectivity index (χ1v) is 9.82. The average molecular weight is 416 g/mol. The number of hydrogen-bond donors (Lipinski definition) is 1. The van der Waals surface area contributed by atoms with Crippen LogP contribution in [0.4, 0.5) is 0 Å². The molecule has 0 bridgehead atoms. The number of nitrogens with one attached hydrogen (secondary N) is 1. The number of rotatable bonds is 6. The summed E-state index contributed by atoms with van der Waals surface area (Å²) in [6.45, 7) is 4.93. The summed E-state index contributed by atoms with van der Waals surface area (Å²) in [6.07, 6.45) is 0. The summed E-state index contributed by atoms with van der Waals surface area (Å²) in [5.74, 6) is -1.27. The van der Waals surface area contributed by atoms with Gasteiger partial charge in [0.2, 0.25) is 0 Å². The van der Waals surface area contributed by atoms with Crippen molar-refractivity contribution in [2.24, 2.45) is 0 Å². The van der Waals surface area contributed by atoms with Crippen molar-refractivity contribution >= 4 is 33.5 Å². The van der Waals surface area contributed by atoms with Gasteiger partial charge >= 0.3 is 17.6 Å². The van der Waals surface area contributed by atoms with Crippen LogP contribution in [0.15, 0.2) is 39.9 Å². The van der Waals surface area contributed by atoms with E-state index in [1.807, 2.05) is 18.2 Å². The second-order valence-corrected chi connectivity index (χ2v) is 7.38. The zero-order valence-electron chi connectivity index (χ0n) is 16.2. The molecule has 29 heavy (non-hydrogen) atoms. The van der Waals surface area contributed by atoms with Gasteiger partial charge in [0.15, 0.2) is 0 Å². The van der Waals surface area contributed by atoms with Crippen LogP contribution in [0.25, 0.3) is 10.2 Å². The van der Waals surface area contributed by atoms with E-state index < -0.39 is 29.2 Å². The smallest absolute Gasteiger partial charge is 0.348 e. The first kappa shape index (κ1) is 20.5. The van der Waals surface area contributed by atoms with Crippen LogP contribution in [-0.2, 0) is 20.9 Å². The van der Waals surface area contributed by atoms with Gasteiger partial charge in [0, 0.05) is 0 Å². The number of H-pyrrole nitrogens is 1. The number of thiophene rings is 1. The fourth-order valence-electron chi connectivity index (χ4n) is 2.93. The first-order chi connectivity index (χ1) is 13.8. The SMILES string of the molecule is CCOC(=O)c1sc2[nH]c(=O)n(C(C)C(=O)OCc3ccccc3)c(=O)c2c1C. The molecule has 1 N–H and O–H groups in total. The lowest BCUT2D eigenvalue weighted by atomic mass is 10.2. The molecule has 0 saturated carbocycles. The van der Waals surface area contributed by atoms with Crippen molar-refractivity contribution in [2.45, 2.75) is 33.4 Å². The molecule has 0 aliphatic heterocycles. The van der Waals surface area contributed by atoms with Crippen molar-refractivity contribution in [3.05, 3.63) is 67.2 Å². The molecule has 0 aliphatic carbocycles. The minimum atomic E-state index is -1.13. The number of ether oxygens (including phenoxy) is 2. The number of carbonyl (C=O) groups excluding carboxylic acids is 2. The number of benzene rings is 1. The third-order valence-electron chi connectivity index (χ3n) is 4.43. The quantitative estimate of drug-likeness (QED) is 0.619. The largest absolute Gasteiger partial charge is 0.462 e. The van der Waals surface area contributed by atoms with Crippen molar-refractivity contribution in [1.82, 2.24) is 9.55 Å². The van der Waals surface area contributed by atoms with Crippen molar-refractivity contribution in [2.75, 3.05) is 6.61 Å². The molecule has 0 saturated heterocycles. The first-order valence-electron chi connectivity index (χ1n) is 9.00. The molecule has 3 rings (SSSR count). The van der Waals surface area contributed by atoms with Crippen molar-refractivity contribution in [3.8, 4) is 0 Å². The number of aromatic amines is 1. The number of carbonyl (C=O) groups is 2. The van der Waals surface area contributed by atoms with Crippen LogP contribution in [0.3, 0.4) is 0 Å². The van der Waals surface area contributed by atoms with E-state index in [-0.39, 0.29) is 28.3 Å². The Hall–Kier alpha value is -3.20. The Morgan fingerprint density at radius 3 is 2.52 bits per heavy atom. The zero-order valence-corrected chi connectivity index (χ0v) is 17.0. The molecule has 3 aromatic rings. The van der Waals surface area contributed by atoms with E-state index in [0.717, 1.165) is 21.5 Å². The maximum atomic E-state index is 13.0. The van der Waals surface area contributed by atoms with Gasteiger partial charge in [-0.15, -0.1) is 11.3 Å². The lowest BCUT2D eigenvalue weighted by Crippen LogP contribution is -2.40.